The number of aromatic nitrogens is 3. The van der Waals surface area contributed by atoms with Gasteiger partial charge < -0.3 is 9.73 Å². The fraction of sp³-hybridized carbons (Fsp3) is 0.263. The number of pyridine rings is 1. The van der Waals surface area contributed by atoms with Gasteiger partial charge in [-0.15, -0.1) is 0 Å². The fourth-order valence-corrected chi connectivity index (χ4v) is 2.55. The van der Waals surface area contributed by atoms with Crippen LogP contribution >= 0.6 is 0 Å². The lowest BCUT2D eigenvalue weighted by Gasteiger charge is -2.22. The van der Waals surface area contributed by atoms with Crippen LogP contribution in [0.4, 0.5) is 0 Å². The summed E-state index contributed by atoms with van der Waals surface area (Å²) < 4.78 is 5.69. The van der Waals surface area contributed by atoms with E-state index in [1.807, 2.05) is 50.2 Å². The van der Waals surface area contributed by atoms with Crippen LogP contribution in [0.2, 0.25) is 0 Å². The summed E-state index contributed by atoms with van der Waals surface area (Å²) in [5, 5.41) is 2.91. The molecule has 0 bridgehead atoms. The molecule has 0 saturated heterocycles. The van der Waals surface area contributed by atoms with E-state index in [0.717, 1.165) is 17.1 Å². The molecule has 1 N–H and O–H groups in total. The maximum atomic E-state index is 12.4. The molecule has 134 valence electrons. The number of carbonyl (C=O) groups excluding carboxylic acids is 1. The maximum absolute atomic E-state index is 12.4. The van der Waals surface area contributed by atoms with E-state index in [9.17, 15) is 4.79 Å². The summed E-state index contributed by atoms with van der Waals surface area (Å²) in [5.74, 6) is 1.97. The topological polar surface area (TPSA) is 84.2 Å². The van der Waals surface area contributed by atoms with Crippen molar-refractivity contribution in [3.05, 3.63) is 66.1 Å². The van der Waals surface area contributed by atoms with E-state index >= 15 is 0 Å². The second kappa shape index (κ2) is 7.88. The van der Waals surface area contributed by atoms with Crippen LogP contribution in [-0.2, 0) is 0 Å². The van der Waals surface area contributed by atoms with Crippen molar-refractivity contribution in [3.8, 4) is 11.4 Å². The number of nitrogens with one attached hydrogen (secondary N) is 1. The molecule has 0 spiro atoms. The van der Waals surface area contributed by atoms with Crippen molar-refractivity contribution >= 4 is 5.91 Å². The van der Waals surface area contributed by atoms with Crippen LogP contribution in [-0.4, -0.2) is 46.4 Å². The molecule has 0 radical (unpaired) electrons. The van der Waals surface area contributed by atoms with Gasteiger partial charge in [-0.25, -0.2) is 9.97 Å². The molecule has 0 fully saturated rings. The summed E-state index contributed by atoms with van der Waals surface area (Å²) >= 11 is 0. The smallest absolute Gasteiger partial charge is 0.254 e. The Kier molecular flexibility index (Phi) is 5.38. The summed E-state index contributed by atoms with van der Waals surface area (Å²) in [7, 11) is 3.89. The van der Waals surface area contributed by atoms with E-state index in [4.69, 9.17) is 4.42 Å². The number of hydrogen-bond acceptors (Lipinski definition) is 6. The highest BCUT2D eigenvalue weighted by atomic mass is 16.3. The van der Waals surface area contributed by atoms with Gasteiger partial charge in [-0.3, -0.25) is 14.7 Å². The molecule has 3 aromatic rings. The summed E-state index contributed by atoms with van der Waals surface area (Å²) in [6.45, 7) is 2.32. The Labute approximate surface area is 152 Å². The zero-order valence-electron chi connectivity index (χ0n) is 15.0. The molecule has 0 aromatic carbocycles. The van der Waals surface area contributed by atoms with E-state index in [0.29, 0.717) is 17.9 Å². The first-order chi connectivity index (χ1) is 12.5. The molecule has 3 rings (SSSR count). The molecule has 0 saturated carbocycles. The fourth-order valence-electron chi connectivity index (χ4n) is 2.55. The Morgan fingerprint density at radius 2 is 1.96 bits per heavy atom. The van der Waals surface area contributed by atoms with E-state index in [1.54, 1.807) is 12.4 Å². The van der Waals surface area contributed by atoms with Gasteiger partial charge >= 0.3 is 0 Å². The second-order valence-corrected chi connectivity index (χ2v) is 6.17. The summed E-state index contributed by atoms with van der Waals surface area (Å²) in [4.78, 5) is 27.0. The zero-order chi connectivity index (χ0) is 18.5. The summed E-state index contributed by atoms with van der Waals surface area (Å²) in [6, 6.07) is 7.48. The first-order valence-corrected chi connectivity index (χ1v) is 8.28. The Morgan fingerprint density at radius 1 is 1.19 bits per heavy atom. The van der Waals surface area contributed by atoms with Gasteiger partial charge in [-0.05, 0) is 45.3 Å². The Balaban J connectivity index is 1.66. The minimum atomic E-state index is -0.224. The predicted octanol–water partition coefficient (Wildman–Crippen LogP) is 2.47. The number of likely N-dealkylation sites (N-methyl/N-ethyl adjacent to an activating group) is 1. The molecule has 0 aliphatic rings. The molecule has 1 amide bonds. The number of nitrogens with zero attached hydrogens (tertiary/aromatic N) is 4. The quantitative estimate of drug-likeness (QED) is 0.734. The number of aryl methyl sites for hydroxylation is 1. The molecule has 26 heavy (non-hydrogen) atoms. The van der Waals surface area contributed by atoms with Crippen molar-refractivity contribution in [2.45, 2.75) is 13.0 Å². The van der Waals surface area contributed by atoms with Crippen molar-refractivity contribution in [2.24, 2.45) is 0 Å². The van der Waals surface area contributed by atoms with Gasteiger partial charge in [0, 0.05) is 36.9 Å². The second-order valence-electron chi connectivity index (χ2n) is 6.17. The average Bonchev–Trinajstić information content (AvgIpc) is 3.08. The minimum absolute atomic E-state index is 0.0526. The van der Waals surface area contributed by atoms with Crippen molar-refractivity contribution in [1.29, 1.82) is 0 Å². The molecule has 1 atom stereocenters. The van der Waals surface area contributed by atoms with Gasteiger partial charge in [0.1, 0.15) is 11.5 Å². The third-order valence-corrected chi connectivity index (χ3v) is 4.00. The van der Waals surface area contributed by atoms with Crippen LogP contribution in [0.15, 0.2) is 53.5 Å². The first-order valence-electron chi connectivity index (χ1n) is 8.28. The molecule has 0 aliphatic heterocycles. The van der Waals surface area contributed by atoms with Crippen molar-refractivity contribution in [2.75, 3.05) is 20.6 Å². The van der Waals surface area contributed by atoms with Crippen LogP contribution in [0.3, 0.4) is 0 Å². The van der Waals surface area contributed by atoms with Gasteiger partial charge in [0.05, 0.1) is 11.6 Å². The zero-order valence-corrected chi connectivity index (χ0v) is 15.0. The van der Waals surface area contributed by atoms with E-state index in [1.165, 1.54) is 12.4 Å². The maximum Gasteiger partial charge on any atom is 0.254 e. The van der Waals surface area contributed by atoms with Crippen molar-refractivity contribution in [3.63, 3.8) is 0 Å². The SMILES string of the molecule is Cc1ccc(C(CNC(=O)c2cnc(-c3cccnc3)nc2)N(C)C)o1. The summed E-state index contributed by atoms with van der Waals surface area (Å²) in [5.41, 5.74) is 1.21. The Hall–Kier alpha value is -3.06. The molecule has 7 heteroatoms. The lowest BCUT2D eigenvalue weighted by molar-refractivity contribution is 0.0938. The van der Waals surface area contributed by atoms with E-state index in [2.05, 4.69) is 20.3 Å². The van der Waals surface area contributed by atoms with Crippen LogP contribution in [0.1, 0.15) is 27.9 Å². The normalized spacial score (nSPS) is 12.2. The van der Waals surface area contributed by atoms with Crippen LogP contribution in [0.25, 0.3) is 11.4 Å². The molecular formula is C19H21N5O2. The van der Waals surface area contributed by atoms with Gasteiger partial charge in [0.15, 0.2) is 5.82 Å². The lowest BCUT2D eigenvalue weighted by atomic mass is 10.2. The van der Waals surface area contributed by atoms with Gasteiger partial charge in [0.2, 0.25) is 0 Å². The van der Waals surface area contributed by atoms with E-state index in [-0.39, 0.29) is 11.9 Å². The van der Waals surface area contributed by atoms with Gasteiger partial charge in [-0.1, -0.05) is 0 Å². The van der Waals surface area contributed by atoms with Crippen LogP contribution in [0.5, 0.6) is 0 Å². The highest BCUT2D eigenvalue weighted by Crippen LogP contribution is 2.20. The molecule has 3 heterocycles. The molecule has 1 unspecified atom stereocenters. The molecule has 7 nitrogen and oxygen atoms in total. The molecule has 3 aromatic heterocycles. The highest BCUT2D eigenvalue weighted by Gasteiger charge is 2.19. The highest BCUT2D eigenvalue weighted by molar-refractivity contribution is 5.93. The van der Waals surface area contributed by atoms with Crippen LogP contribution in [0, 0.1) is 6.92 Å². The number of furan rings is 1. The standard InChI is InChI=1S/C19H21N5O2/c1-13-6-7-17(26-13)16(24(2)3)12-23-19(25)15-10-21-18(22-11-15)14-5-4-8-20-9-14/h4-11,16H,12H2,1-3H3,(H,23,25). The van der Waals surface area contributed by atoms with Gasteiger partial charge in [-0.2, -0.15) is 0 Å². The third-order valence-electron chi connectivity index (χ3n) is 4.00. The molecule has 0 aliphatic carbocycles. The van der Waals surface area contributed by atoms with Crippen molar-refractivity contribution in [1.82, 2.24) is 25.2 Å². The third kappa shape index (κ3) is 4.12. The summed E-state index contributed by atoms with van der Waals surface area (Å²) in [6.07, 6.45) is 6.41. The first kappa shape index (κ1) is 17.8. The number of rotatable bonds is 6. The number of amides is 1. The Bertz CT molecular complexity index is 859. The monoisotopic (exact) mass is 351 g/mol. The van der Waals surface area contributed by atoms with E-state index < -0.39 is 0 Å². The largest absolute Gasteiger partial charge is 0.465 e. The number of hydrogen-bond donors (Lipinski definition) is 1. The Morgan fingerprint density at radius 3 is 2.54 bits per heavy atom. The number of carbonyl (C=O) groups is 1. The average molecular weight is 351 g/mol. The molecular weight excluding hydrogens is 330 g/mol. The predicted molar refractivity (Wildman–Crippen MR) is 97.5 cm³/mol. The lowest BCUT2D eigenvalue weighted by Crippen LogP contribution is -2.34. The minimum Gasteiger partial charge on any atom is -0.465 e. The van der Waals surface area contributed by atoms with Crippen LogP contribution < -0.4 is 5.32 Å². The van der Waals surface area contributed by atoms with Gasteiger partial charge in [0.25, 0.3) is 5.91 Å². The van der Waals surface area contributed by atoms with Crippen molar-refractivity contribution < 1.29 is 9.21 Å².